The Morgan fingerprint density at radius 3 is 1.25 bits per heavy atom. The van der Waals surface area contributed by atoms with Gasteiger partial charge in [-0.05, 0) is 99.2 Å². The molecule has 3 saturated carbocycles. The van der Waals surface area contributed by atoms with E-state index in [4.69, 9.17) is 9.47 Å². The van der Waals surface area contributed by atoms with E-state index in [0.717, 1.165) is 89.9 Å². The van der Waals surface area contributed by atoms with Crippen LogP contribution in [0.15, 0.2) is 165 Å². The monoisotopic (exact) mass is 918 g/mol. The van der Waals surface area contributed by atoms with E-state index in [9.17, 15) is 0 Å². The smallest absolute Gasteiger partial charge is 0.173 e. The van der Waals surface area contributed by atoms with E-state index in [1.54, 1.807) is 23.5 Å². The standard InChI is InChI=1S/C54H52N2O4P2S2/c57-61(37-15-3-1-4-16-37)47-23-11-13-25-51(47)63-53-31-35(27-29-49(53)61)55-39-19-7-9-21-43(39)59-45-34-42-46(33-41(45)55)60-44-22-10-8-20-40(44)56(42)36-28-30-50-54(32-36)64-52-26-14-12-24-48(52)62(50,58)38-17-5-2-6-18-38/h1-6,11-18,23-32,39-46H,7-10,19-22,33-34H2. The molecule has 0 radical (unpaired) electrons. The van der Waals surface area contributed by atoms with Gasteiger partial charge >= 0.3 is 0 Å². The summed E-state index contributed by atoms with van der Waals surface area (Å²) >= 11 is 3.54. The number of hydrogen-bond donors (Lipinski definition) is 0. The molecular weight excluding hydrogens is 867 g/mol. The highest BCUT2D eigenvalue weighted by atomic mass is 32.2. The molecule has 0 aromatic heterocycles. The van der Waals surface area contributed by atoms with Gasteiger partial charge in [-0.1, -0.05) is 134 Å². The summed E-state index contributed by atoms with van der Waals surface area (Å²) < 4.78 is 45.9. The van der Waals surface area contributed by atoms with Crippen molar-refractivity contribution in [3.8, 4) is 0 Å². The van der Waals surface area contributed by atoms with Crippen molar-refractivity contribution in [2.24, 2.45) is 0 Å². The highest BCUT2D eigenvalue weighted by Gasteiger charge is 2.55. The molecule has 324 valence electrons. The van der Waals surface area contributed by atoms with E-state index in [1.807, 2.05) is 72.8 Å². The van der Waals surface area contributed by atoms with Gasteiger partial charge in [0.1, 0.15) is 0 Å². The van der Waals surface area contributed by atoms with Gasteiger partial charge in [-0.2, -0.15) is 0 Å². The zero-order valence-electron chi connectivity index (χ0n) is 35.8. The normalized spacial score (nSPS) is 32.3. The fraction of sp³-hybridized carbons (Fsp3) is 0.333. The molecule has 6 aromatic rings. The summed E-state index contributed by atoms with van der Waals surface area (Å²) in [4.78, 5) is 9.89. The number of anilines is 2. The minimum absolute atomic E-state index is 0.0452. The molecule has 6 nitrogen and oxygen atoms in total. The number of fused-ring (bicyclic) bond motifs is 8. The van der Waals surface area contributed by atoms with Gasteiger partial charge in [0, 0.05) is 62.8 Å². The third-order valence-corrected chi connectivity index (χ3v) is 24.7. The summed E-state index contributed by atoms with van der Waals surface area (Å²) in [5.41, 5.74) is 2.44. The topological polar surface area (TPSA) is 59.1 Å². The van der Waals surface area contributed by atoms with Gasteiger partial charge in [0.15, 0.2) is 14.3 Å². The van der Waals surface area contributed by atoms with Crippen molar-refractivity contribution >= 4 is 81.0 Å². The molecule has 64 heavy (non-hydrogen) atoms. The maximum absolute atomic E-state index is 15.6. The van der Waals surface area contributed by atoms with Crippen molar-refractivity contribution in [2.75, 3.05) is 9.80 Å². The number of ether oxygens (including phenoxy) is 2. The average molecular weight is 919 g/mol. The molecule has 10 heteroatoms. The Kier molecular flexibility index (Phi) is 9.96. The first-order valence-corrected chi connectivity index (χ1v) is 28.5. The molecule has 5 fully saturated rings. The zero-order chi connectivity index (χ0) is 42.6. The second kappa shape index (κ2) is 15.8. The van der Waals surface area contributed by atoms with Crippen LogP contribution in [0.5, 0.6) is 0 Å². The first kappa shape index (κ1) is 40.3. The van der Waals surface area contributed by atoms with Crippen molar-refractivity contribution in [1.82, 2.24) is 0 Å². The van der Waals surface area contributed by atoms with Crippen molar-refractivity contribution in [3.63, 3.8) is 0 Å². The number of morpholine rings is 2. The molecule has 2 saturated heterocycles. The minimum Gasteiger partial charge on any atom is -0.371 e. The van der Waals surface area contributed by atoms with Crippen LogP contribution < -0.4 is 41.6 Å². The van der Waals surface area contributed by atoms with Crippen LogP contribution in [0.4, 0.5) is 11.4 Å². The van der Waals surface area contributed by atoms with Crippen LogP contribution in [0.2, 0.25) is 0 Å². The lowest BCUT2D eigenvalue weighted by molar-refractivity contribution is -0.154. The Morgan fingerprint density at radius 1 is 0.406 bits per heavy atom. The van der Waals surface area contributed by atoms with E-state index < -0.39 is 14.3 Å². The Morgan fingerprint density at radius 2 is 0.797 bits per heavy atom. The summed E-state index contributed by atoms with van der Waals surface area (Å²) in [6, 6.07) is 51.4. The Hall–Kier alpha value is -4.00. The fourth-order valence-corrected chi connectivity index (χ4v) is 22.1. The number of rotatable bonds is 4. The van der Waals surface area contributed by atoms with Gasteiger partial charge < -0.3 is 28.4 Å². The number of nitrogens with zero attached hydrogens (tertiary/aromatic N) is 2. The van der Waals surface area contributed by atoms with E-state index in [2.05, 4.69) is 82.6 Å². The molecule has 0 spiro atoms. The van der Waals surface area contributed by atoms with E-state index in [-0.39, 0.29) is 48.6 Å². The summed E-state index contributed by atoms with van der Waals surface area (Å²) in [5.74, 6) is 0. The zero-order valence-corrected chi connectivity index (χ0v) is 39.2. The highest BCUT2D eigenvalue weighted by Crippen LogP contribution is 2.56. The maximum atomic E-state index is 15.6. The van der Waals surface area contributed by atoms with Gasteiger partial charge in [-0.25, -0.2) is 0 Å². The molecule has 3 aliphatic carbocycles. The summed E-state index contributed by atoms with van der Waals surface area (Å²) in [6.07, 6.45) is 11.4. The van der Waals surface area contributed by atoms with E-state index >= 15 is 9.13 Å². The maximum Gasteiger partial charge on any atom is 0.173 e. The van der Waals surface area contributed by atoms with Gasteiger partial charge in [-0.15, -0.1) is 0 Å². The van der Waals surface area contributed by atoms with Crippen molar-refractivity contribution in [2.45, 2.75) is 132 Å². The quantitative estimate of drug-likeness (QED) is 0.162. The Balaban J connectivity index is 0.880. The molecule has 7 aliphatic rings. The molecule has 0 bridgehead atoms. The number of benzene rings is 6. The molecule has 4 heterocycles. The van der Waals surface area contributed by atoms with Crippen molar-refractivity contribution in [3.05, 3.63) is 146 Å². The summed E-state index contributed by atoms with van der Waals surface area (Å²) in [7, 11) is -6.17. The van der Waals surface area contributed by atoms with Gasteiger partial charge in [0.05, 0.1) is 48.6 Å². The molecular formula is C54H52N2O4P2S2. The SMILES string of the molecule is O=P1(c2ccccc2)c2ccccc2Sc2cc(N3C4CCCCC4OC4CC5C(CC43)OC3CCCCC3N5c3ccc4c(c3)Sc3ccccc3P4(=O)c3ccccc3)ccc21. The molecule has 10 atom stereocenters. The molecule has 4 aliphatic heterocycles. The largest absolute Gasteiger partial charge is 0.371 e. The first-order valence-electron chi connectivity index (χ1n) is 23.5. The summed E-state index contributed by atoms with van der Waals surface area (Å²) in [5, 5.41) is 5.55. The van der Waals surface area contributed by atoms with Crippen LogP contribution in [0.3, 0.4) is 0 Å². The Bertz CT molecular complexity index is 2690. The molecule has 13 rings (SSSR count). The Labute approximate surface area is 385 Å². The second-order valence-electron chi connectivity index (χ2n) is 18.9. The number of hydrogen-bond acceptors (Lipinski definition) is 8. The van der Waals surface area contributed by atoms with Crippen molar-refractivity contribution in [1.29, 1.82) is 0 Å². The lowest BCUT2D eigenvalue weighted by atomic mass is 9.76. The second-order valence-corrected chi connectivity index (χ2v) is 26.4. The molecule has 0 amide bonds. The van der Waals surface area contributed by atoms with Crippen LogP contribution >= 0.6 is 37.8 Å². The lowest BCUT2D eigenvalue weighted by Gasteiger charge is -2.61. The molecule has 10 unspecified atom stereocenters. The molecule has 6 aromatic carbocycles. The fourth-order valence-electron chi connectivity index (χ4n) is 12.7. The van der Waals surface area contributed by atoms with Crippen LogP contribution in [0.25, 0.3) is 0 Å². The van der Waals surface area contributed by atoms with Crippen LogP contribution in [0.1, 0.15) is 64.2 Å². The minimum atomic E-state index is -3.09. The van der Waals surface area contributed by atoms with Crippen LogP contribution in [0, 0.1) is 0 Å². The average Bonchev–Trinajstić information content (AvgIpc) is 3.34. The molecule has 0 N–H and O–H groups in total. The third-order valence-electron chi connectivity index (χ3n) is 15.5. The van der Waals surface area contributed by atoms with Crippen LogP contribution in [-0.2, 0) is 18.6 Å². The predicted octanol–water partition coefficient (Wildman–Crippen LogP) is 10.2. The highest BCUT2D eigenvalue weighted by molar-refractivity contribution is 8.03. The van der Waals surface area contributed by atoms with Crippen LogP contribution in [-0.4, -0.2) is 48.6 Å². The third kappa shape index (κ3) is 6.22. The van der Waals surface area contributed by atoms with Crippen molar-refractivity contribution < 1.29 is 18.6 Å². The van der Waals surface area contributed by atoms with Gasteiger partial charge in [0.2, 0.25) is 0 Å². The summed E-state index contributed by atoms with van der Waals surface area (Å²) in [6.45, 7) is 0. The van der Waals surface area contributed by atoms with Gasteiger partial charge in [-0.3, -0.25) is 0 Å². The predicted molar refractivity (Wildman–Crippen MR) is 264 cm³/mol. The van der Waals surface area contributed by atoms with E-state index in [0.29, 0.717) is 0 Å². The lowest BCUT2D eigenvalue weighted by Crippen LogP contribution is -2.71. The van der Waals surface area contributed by atoms with Gasteiger partial charge in [0.25, 0.3) is 0 Å². The first-order chi connectivity index (χ1) is 31.5. The van der Waals surface area contributed by atoms with E-state index in [1.165, 1.54) is 37.1 Å².